The van der Waals surface area contributed by atoms with Gasteiger partial charge in [-0.05, 0) is 82.3 Å². The molecule has 0 bridgehead atoms. The number of phenolic OH excluding ortho intramolecular Hbond substituents is 1. The van der Waals surface area contributed by atoms with Gasteiger partial charge in [-0.15, -0.1) is 0 Å². The summed E-state index contributed by atoms with van der Waals surface area (Å²) in [4.78, 5) is 4.80. The van der Waals surface area contributed by atoms with Crippen molar-refractivity contribution >= 4 is 11.3 Å². The van der Waals surface area contributed by atoms with E-state index in [1.165, 1.54) is 27.5 Å². The third kappa shape index (κ3) is 3.64. The highest BCUT2D eigenvalue weighted by Crippen LogP contribution is 2.33. The van der Waals surface area contributed by atoms with E-state index < -0.39 is 0 Å². The van der Waals surface area contributed by atoms with Crippen molar-refractivity contribution in [1.82, 2.24) is 0 Å². The van der Waals surface area contributed by atoms with Gasteiger partial charge in [-0.1, -0.05) is 84.9 Å². The molecule has 0 aromatic heterocycles. The molecule has 0 unspecified atom stereocenters. The van der Waals surface area contributed by atoms with Crippen LogP contribution in [0.15, 0.2) is 114 Å². The third-order valence-corrected chi connectivity index (χ3v) is 7.03. The predicted molar refractivity (Wildman–Crippen MR) is 143 cm³/mol. The van der Waals surface area contributed by atoms with Crippen LogP contribution in [0.3, 0.4) is 0 Å². The largest absolute Gasteiger partial charge is 0.508 e. The van der Waals surface area contributed by atoms with E-state index >= 15 is 0 Å². The van der Waals surface area contributed by atoms with Gasteiger partial charge in [0, 0.05) is 11.1 Å². The third-order valence-electron chi connectivity index (χ3n) is 7.03. The minimum absolute atomic E-state index is 0.340. The Bertz CT molecular complexity index is 1700. The summed E-state index contributed by atoms with van der Waals surface area (Å²) in [6.07, 6.45) is 0. The first kappa shape index (κ1) is 21.1. The van der Waals surface area contributed by atoms with E-state index in [4.69, 9.17) is 4.99 Å². The van der Waals surface area contributed by atoms with E-state index in [1.807, 2.05) is 19.1 Å². The highest BCUT2D eigenvalue weighted by atomic mass is 16.3. The first-order valence-electron chi connectivity index (χ1n) is 11.9. The van der Waals surface area contributed by atoms with E-state index in [1.54, 1.807) is 6.07 Å². The van der Waals surface area contributed by atoms with Crippen molar-refractivity contribution in [3.63, 3.8) is 0 Å². The smallest absolute Gasteiger partial charge is 0.118 e. The summed E-state index contributed by atoms with van der Waals surface area (Å²) in [5.74, 6) is 0.340. The van der Waals surface area contributed by atoms with Crippen LogP contribution in [0.4, 0.5) is 5.69 Å². The number of para-hydroxylation sites is 1. The number of fused-ring (bicyclic) bond motifs is 3. The van der Waals surface area contributed by atoms with Crippen molar-refractivity contribution in [2.24, 2.45) is 4.99 Å². The minimum Gasteiger partial charge on any atom is -0.508 e. The molecule has 2 heteroatoms. The Labute approximate surface area is 205 Å². The molecule has 6 rings (SSSR count). The molecule has 0 saturated heterocycles. The molecular formula is C33H25NO. The van der Waals surface area contributed by atoms with Crippen LogP contribution in [0.5, 0.6) is 5.75 Å². The summed E-state index contributed by atoms with van der Waals surface area (Å²) in [5, 5.41) is 12.3. The van der Waals surface area contributed by atoms with E-state index in [0.717, 1.165) is 38.9 Å². The maximum absolute atomic E-state index is 10.1. The fourth-order valence-corrected chi connectivity index (χ4v) is 4.97. The molecule has 0 atom stereocenters. The van der Waals surface area contributed by atoms with Gasteiger partial charge >= 0.3 is 0 Å². The molecule has 0 aliphatic carbocycles. The second-order valence-corrected chi connectivity index (χ2v) is 9.06. The molecule has 5 aromatic carbocycles. The van der Waals surface area contributed by atoms with E-state index in [-0.39, 0.29) is 0 Å². The molecule has 0 radical (unpaired) electrons. The lowest BCUT2D eigenvalue weighted by atomic mass is 9.91. The number of nitrogens with zero attached hydrogens (tertiary/aromatic N) is 1. The summed E-state index contributed by atoms with van der Waals surface area (Å²) in [5.41, 5.74) is 11.2. The lowest BCUT2D eigenvalue weighted by molar-refractivity contribution is 0.470. The molecule has 0 fully saturated rings. The van der Waals surface area contributed by atoms with Gasteiger partial charge in [0.1, 0.15) is 5.75 Å². The van der Waals surface area contributed by atoms with Crippen molar-refractivity contribution < 1.29 is 5.11 Å². The Balaban J connectivity index is 1.53. The number of rotatable bonds is 3. The molecule has 0 saturated carbocycles. The SMILES string of the molecule is Cc1c(O)ccc(-c2ccc(/C(c3ccccc3)=c3/ccc4c(c3)-c3ccccc3N=4)cc2)c1C. The molecular weight excluding hydrogens is 426 g/mol. The van der Waals surface area contributed by atoms with Gasteiger partial charge in [0.15, 0.2) is 0 Å². The van der Waals surface area contributed by atoms with Gasteiger partial charge in [0.2, 0.25) is 0 Å². The molecule has 0 spiro atoms. The maximum Gasteiger partial charge on any atom is 0.118 e. The van der Waals surface area contributed by atoms with Crippen molar-refractivity contribution in [1.29, 1.82) is 0 Å². The van der Waals surface area contributed by atoms with Gasteiger partial charge in [-0.3, -0.25) is 0 Å². The van der Waals surface area contributed by atoms with E-state index in [0.29, 0.717) is 5.75 Å². The fourth-order valence-electron chi connectivity index (χ4n) is 4.97. The van der Waals surface area contributed by atoms with Crippen LogP contribution in [0.1, 0.15) is 22.3 Å². The average Bonchev–Trinajstić information content (AvgIpc) is 3.27. The Morgan fingerprint density at radius 1 is 0.600 bits per heavy atom. The number of aromatic hydroxyl groups is 1. The molecule has 168 valence electrons. The molecule has 1 N–H and O–H groups in total. The summed E-state index contributed by atoms with van der Waals surface area (Å²) in [6, 6.07) is 38.0. The van der Waals surface area contributed by atoms with Crippen molar-refractivity contribution in [3.8, 4) is 28.0 Å². The summed E-state index contributed by atoms with van der Waals surface area (Å²) in [6.45, 7) is 4.02. The van der Waals surface area contributed by atoms with Crippen LogP contribution in [0, 0.1) is 13.8 Å². The fraction of sp³-hybridized carbons (Fsp3) is 0.0606. The van der Waals surface area contributed by atoms with Crippen LogP contribution >= 0.6 is 0 Å². The van der Waals surface area contributed by atoms with Crippen molar-refractivity contribution in [3.05, 3.63) is 142 Å². The molecule has 35 heavy (non-hydrogen) atoms. The Morgan fingerprint density at radius 3 is 2.11 bits per heavy atom. The lowest BCUT2D eigenvalue weighted by Gasteiger charge is -2.13. The lowest BCUT2D eigenvalue weighted by Crippen LogP contribution is -2.13. The van der Waals surface area contributed by atoms with Crippen LogP contribution in [0.2, 0.25) is 0 Å². The average molecular weight is 452 g/mol. The zero-order chi connectivity index (χ0) is 23.9. The monoisotopic (exact) mass is 451 g/mol. The Hall–Kier alpha value is -4.43. The zero-order valence-electron chi connectivity index (χ0n) is 19.8. The normalized spacial score (nSPS) is 12.5. The van der Waals surface area contributed by atoms with Gasteiger partial charge in [-0.2, -0.15) is 0 Å². The van der Waals surface area contributed by atoms with E-state index in [9.17, 15) is 5.11 Å². The number of hydrogen-bond acceptors (Lipinski definition) is 2. The predicted octanol–water partition coefficient (Wildman–Crippen LogP) is 6.86. The highest BCUT2D eigenvalue weighted by molar-refractivity contribution is 5.84. The molecule has 1 aliphatic rings. The number of hydrogen-bond donors (Lipinski definition) is 1. The van der Waals surface area contributed by atoms with Crippen LogP contribution in [-0.4, -0.2) is 5.11 Å². The zero-order valence-corrected chi connectivity index (χ0v) is 19.8. The van der Waals surface area contributed by atoms with Crippen LogP contribution in [-0.2, 0) is 0 Å². The van der Waals surface area contributed by atoms with Crippen LogP contribution < -0.4 is 10.6 Å². The second kappa shape index (κ2) is 8.41. The molecule has 1 aliphatic heterocycles. The summed E-state index contributed by atoms with van der Waals surface area (Å²) in [7, 11) is 0. The molecule has 5 aromatic rings. The maximum atomic E-state index is 10.1. The van der Waals surface area contributed by atoms with Crippen molar-refractivity contribution in [2.75, 3.05) is 0 Å². The molecule has 0 amide bonds. The standard InChI is InChI=1S/C33H25NO/c1-21-22(2)32(35)19-17-27(21)23-12-14-25(15-13-23)33(24-8-4-3-5-9-24)26-16-18-31-29(20-26)28-10-6-7-11-30(28)34-31/h3-20,35H,1-2H3/b33-26-. The van der Waals surface area contributed by atoms with Crippen molar-refractivity contribution in [2.45, 2.75) is 13.8 Å². The Morgan fingerprint density at radius 2 is 1.31 bits per heavy atom. The quantitative estimate of drug-likeness (QED) is 0.313. The van der Waals surface area contributed by atoms with Gasteiger partial charge in [0.25, 0.3) is 0 Å². The highest BCUT2D eigenvalue weighted by Gasteiger charge is 2.14. The number of phenols is 1. The number of benzene rings is 5. The van der Waals surface area contributed by atoms with Gasteiger partial charge in [0.05, 0.1) is 11.0 Å². The Kier molecular flexibility index (Phi) is 5.08. The van der Waals surface area contributed by atoms with Crippen LogP contribution in [0.25, 0.3) is 27.8 Å². The molecule has 2 nitrogen and oxygen atoms in total. The van der Waals surface area contributed by atoms with E-state index in [2.05, 4.69) is 97.9 Å². The summed E-state index contributed by atoms with van der Waals surface area (Å²) >= 11 is 0. The minimum atomic E-state index is 0.340. The topological polar surface area (TPSA) is 32.6 Å². The first-order chi connectivity index (χ1) is 17.1. The summed E-state index contributed by atoms with van der Waals surface area (Å²) < 4.78 is 0. The second-order valence-electron chi connectivity index (χ2n) is 9.06. The first-order valence-corrected chi connectivity index (χ1v) is 11.9. The van der Waals surface area contributed by atoms with Gasteiger partial charge < -0.3 is 5.11 Å². The molecule has 1 heterocycles. The van der Waals surface area contributed by atoms with Gasteiger partial charge in [-0.25, -0.2) is 4.99 Å².